The standard InChI is InChI=1S/C40H31BrF3N3O6/c1-21-7-11-24(12-8-21)45-47-36(50)31-20-29-27(16-17-28-33(29)37(51)46(35(28)49)25-13-9-23(41)10-14-25)34(39(31,38(47)52)22-5-3-2-4-6-22)30-19-26(15-18-32(30)48)53-40(42,43)44/h2-16,18-19,28-29,31,33-34,45,48H,17,20H2,1H3. The van der Waals surface area contributed by atoms with Gasteiger partial charge in [-0.2, -0.15) is 5.01 Å². The molecule has 4 aliphatic rings. The summed E-state index contributed by atoms with van der Waals surface area (Å²) in [5.74, 6) is -8.20. The van der Waals surface area contributed by atoms with Crippen LogP contribution in [-0.2, 0) is 24.6 Å². The maximum atomic E-state index is 15.2. The number of aromatic hydroxyl groups is 1. The van der Waals surface area contributed by atoms with Crippen molar-refractivity contribution in [2.24, 2.45) is 23.7 Å². The van der Waals surface area contributed by atoms with E-state index in [2.05, 4.69) is 26.1 Å². The Labute approximate surface area is 310 Å². The van der Waals surface area contributed by atoms with Gasteiger partial charge in [0.2, 0.25) is 11.8 Å². The van der Waals surface area contributed by atoms with Crippen LogP contribution in [0.4, 0.5) is 24.5 Å². The van der Waals surface area contributed by atoms with Gasteiger partial charge in [0.05, 0.1) is 34.5 Å². The van der Waals surface area contributed by atoms with Crippen molar-refractivity contribution in [3.63, 3.8) is 0 Å². The van der Waals surface area contributed by atoms with E-state index in [-0.39, 0.29) is 18.4 Å². The average molecular weight is 787 g/mol. The number of rotatable bonds is 6. The van der Waals surface area contributed by atoms with Gasteiger partial charge in [-0.3, -0.25) is 29.5 Å². The Morgan fingerprint density at radius 2 is 1.57 bits per heavy atom. The zero-order valence-electron chi connectivity index (χ0n) is 28.0. The molecule has 3 fully saturated rings. The van der Waals surface area contributed by atoms with Crippen molar-refractivity contribution in [3.8, 4) is 11.5 Å². The van der Waals surface area contributed by atoms with Crippen LogP contribution in [0, 0.1) is 30.6 Å². The van der Waals surface area contributed by atoms with Gasteiger partial charge < -0.3 is 9.84 Å². The predicted octanol–water partition coefficient (Wildman–Crippen LogP) is 7.55. The Kier molecular flexibility index (Phi) is 8.24. The average Bonchev–Trinajstić information content (AvgIpc) is 3.51. The number of hydrogen-bond acceptors (Lipinski definition) is 7. The van der Waals surface area contributed by atoms with E-state index < -0.39 is 76.5 Å². The first-order valence-corrected chi connectivity index (χ1v) is 17.8. The monoisotopic (exact) mass is 785 g/mol. The Balaban J connectivity index is 1.34. The molecule has 9 nitrogen and oxygen atoms in total. The zero-order chi connectivity index (χ0) is 37.4. The minimum Gasteiger partial charge on any atom is -0.508 e. The quantitative estimate of drug-likeness (QED) is 0.153. The summed E-state index contributed by atoms with van der Waals surface area (Å²) in [6.07, 6.45) is -3.24. The van der Waals surface area contributed by atoms with Crippen LogP contribution in [0.3, 0.4) is 0 Å². The molecule has 2 aliphatic heterocycles. The number of halogens is 4. The number of nitrogens with one attached hydrogen (secondary N) is 1. The SMILES string of the molecule is Cc1ccc(NN2C(=O)C3CC4C(=CCC5C(=O)N(c6ccc(Br)cc6)C(=O)C54)C(c4cc(OC(F)(F)F)ccc4O)C3(c3ccccc3)C2=O)cc1. The molecule has 2 aliphatic carbocycles. The summed E-state index contributed by atoms with van der Waals surface area (Å²) >= 11 is 3.38. The normalized spacial score (nSPS) is 26.6. The molecule has 2 N–H and O–H groups in total. The Hall–Kier alpha value is -5.43. The summed E-state index contributed by atoms with van der Waals surface area (Å²) in [6.45, 7) is 1.89. The van der Waals surface area contributed by atoms with Gasteiger partial charge in [-0.1, -0.05) is 75.6 Å². The fourth-order valence-electron chi connectivity index (χ4n) is 8.90. The van der Waals surface area contributed by atoms with Crippen molar-refractivity contribution in [2.75, 3.05) is 10.3 Å². The molecule has 8 rings (SSSR count). The van der Waals surface area contributed by atoms with Gasteiger partial charge in [-0.05, 0) is 85.8 Å². The van der Waals surface area contributed by atoms with E-state index in [1.807, 2.05) is 6.92 Å². The molecule has 4 aromatic carbocycles. The predicted molar refractivity (Wildman–Crippen MR) is 190 cm³/mol. The van der Waals surface area contributed by atoms with Crippen molar-refractivity contribution < 1.29 is 42.2 Å². The summed E-state index contributed by atoms with van der Waals surface area (Å²) in [7, 11) is 0. The van der Waals surface area contributed by atoms with Crippen molar-refractivity contribution in [1.82, 2.24) is 5.01 Å². The van der Waals surface area contributed by atoms with Crippen LogP contribution in [0.5, 0.6) is 11.5 Å². The van der Waals surface area contributed by atoms with Gasteiger partial charge in [-0.15, -0.1) is 13.2 Å². The second-order valence-corrected chi connectivity index (χ2v) is 14.8. The van der Waals surface area contributed by atoms with E-state index in [0.717, 1.165) is 38.1 Å². The molecule has 4 amide bonds. The fraction of sp³-hybridized carbons (Fsp3) is 0.250. The lowest BCUT2D eigenvalue weighted by atomic mass is 9.49. The molecular formula is C40H31BrF3N3O6. The second-order valence-electron chi connectivity index (χ2n) is 13.8. The number of aryl methyl sites for hydroxylation is 1. The lowest BCUT2D eigenvalue weighted by Crippen LogP contribution is -2.53. The highest BCUT2D eigenvalue weighted by Gasteiger charge is 2.70. The van der Waals surface area contributed by atoms with Gasteiger partial charge in [-0.25, -0.2) is 0 Å². The number of alkyl halides is 3. The largest absolute Gasteiger partial charge is 0.573 e. The number of carbonyl (C=O) groups excluding carboxylic acids is 4. The van der Waals surface area contributed by atoms with Crippen LogP contribution < -0.4 is 15.1 Å². The molecule has 13 heteroatoms. The number of allylic oxidation sites excluding steroid dienone is 2. The third kappa shape index (κ3) is 5.51. The number of carbonyl (C=O) groups is 4. The van der Waals surface area contributed by atoms with E-state index in [0.29, 0.717) is 22.5 Å². The van der Waals surface area contributed by atoms with E-state index >= 15 is 4.79 Å². The Bertz CT molecular complexity index is 2190. The number of fused-ring (bicyclic) bond motifs is 4. The van der Waals surface area contributed by atoms with E-state index in [1.165, 1.54) is 0 Å². The molecular weight excluding hydrogens is 755 g/mol. The molecule has 2 heterocycles. The molecule has 6 unspecified atom stereocenters. The van der Waals surface area contributed by atoms with Crippen LogP contribution in [0.25, 0.3) is 0 Å². The lowest BCUT2D eigenvalue weighted by molar-refractivity contribution is -0.274. The number of hydrogen-bond donors (Lipinski definition) is 2. The van der Waals surface area contributed by atoms with E-state index in [4.69, 9.17) is 0 Å². The third-order valence-electron chi connectivity index (χ3n) is 11.0. The lowest BCUT2D eigenvalue weighted by Gasteiger charge is -2.50. The molecule has 0 bridgehead atoms. The van der Waals surface area contributed by atoms with Crippen molar-refractivity contribution in [1.29, 1.82) is 0 Å². The van der Waals surface area contributed by atoms with Crippen molar-refractivity contribution >= 4 is 50.9 Å². The fourth-order valence-corrected chi connectivity index (χ4v) is 9.16. The van der Waals surface area contributed by atoms with Crippen LogP contribution >= 0.6 is 15.9 Å². The first-order valence-electron chi connectivity index (χ1n) is 17.0. The van der Waals surface area contributed by atoms with E-state index in [1.54, 1.807) is 84.9 Å². The molecule has 6 atom stereocenters. The second kappa shape index (κ2) is 12.6. The maximum Gasteiger partial charge on any atom is 0.573 e. The number of amides is 4. The van der Waals surface area contributed by atoms with Crippen molar-refractivity contribution in [3.05, 3.63) is 130 Å². The maximum absolute atomic E-state index is 15.2. The molecule has 2 saturated heterocycles. The third-order valence-corrected chi connectivity index (χ3v) is 11.6. The summed E-state index contributed by atoms with van der Waals surface area (Å²) in [4.78, 5) is 59.5. The highest BCUT2D eigenvalue weighted by molar-refractivity contribution is 9.10. The number of phenols is 1. The molecule has 0 radical (unpaired) electrons. The topological polar surface area (TPSA) is 116 Å². The molecule has 1 saturated carbocycles. The van der Waals surface area contributed by atoms with Gasteiger partial charge in [0.25, 0.3) is 11.8 Å². The number of hydrazine groups is 1. The first-order chi connectivity index (χ1) is 25.3. The Morgan fingerprint density at radius 1 is 0.868 bits per heavy atom. The van der Waals surface area contributed by atoms with Gasteiger partial charge in [0.15, 0.2) is 0 Å². The number of anilines is 2. The smallest absolute Gasteiger partial charge is 0.508 e. The zero-order valence-corrected chi connectivity index (χ0v) is 29.6. The summed E-state index contributed by atoms with van der Waals surface area (Å²) in [6, 6.07) is 25.3. The van der Waals surface area contributed by atoms with Crippen LogP contribution in [0.15, 0.2) is 113 Å². The van der Waals surface area contributed by atoms with Gasteiger partial charge in [0.1, 0.15) is 11.5 Å². The van der Waals surface area contributed by atoms with Crippen molar-refractivity contribution in [2.45, 2.75) is 37.5 Å². The Morgan fingerprint density at radius 3 is 2.25 bits per heavy atom. The summed E-state index contributed by atoms with van der Waals surface area (Å²) in [5.41, 5.74) is 3.72. The minimum absolute atomic E-state index is 0.0260. The number of nitrogens with zero attached hydrogens (tertiary/aromatic N) is 2. The summed E-state index contributed by atoms with van der Waals surface area (Å²) in [5, 5.41) is 12.4. The molecule has 0 spiro atoms. The number of phenolic OH excluding ortho intramolecular Hbond substituents is 1. The van der Waals surface area contributed by atoms with Gasteiger partial charge in [0, 0.05) is 16.0 Å². The molecule has 53 heavy (non-hydrogen) atoms. The minimum atomic E-state index is -5.07. The summed E-state index contributed by atoms with van der Waals surface area (Å²) < 4.78 is 45.8. The van der Waals surface area contributed by atoms with E-state index in [9.17, 15) is 32.7 Å². The molecule has 270 valence electrons. The van der Waals surface area contributed by atoms with Crippen LogP contribution in [0.1, 0.15) is 35.4 Å². The van der Waals surface area contributed by atoms with Gasteiger partial charge >= 0.3 is 6.36 Å². The van der Waals surface area contributed by atoms with Crippen LogP contribution in [-0.4, -0.2) is 40.1 Å². The number of imide groups is 2. The number of ether oxygens (including phenoxy) is 1. The highest BCUT2D eigenvalue weighted by Crippen LogP contribution is 2.65. The molecule has 4 aromatic rings. The highest BCUT2D eigenvalue weighted by atomic mass is 79.9. The van der Waals surface area contributed by atoms with Crippen LogP contribution in [0.2, 0.25) is 0 Å². The number of benzene rings is 4. The molecule has 0 aromatic heterocycles. The first kappa shape index (κ1) is 34.6.